The summed E-state index contributed by atoms with van der Waals surface area (Å²) in [6.45, 7) is 0.622. The van der Waals surface area contributed by atoms with E-state index in [1.54, 1.807) is 24.3 Å². The summed E-state index contributed by atoms with van der Waals surface area (Å²) >= 11 is 0. The molecular weight excluding hydrogens is 336 g/mol. The molecule has 1 atom stereocenters. The van der Waals surface area contributed by atoms with Crippen LogP contribution in [0.2, 0.25) is 0 Å². The minimum absolute atomic E-state index is 0.0787. The maximum absolute atomic E-state index is 12.3. The molecule has 26 heavy (non-hydrogen) atoms. The van der Waals surface area contributed by atoms with Crippen LogP contribution < -0.4 is 10.6 Å². The maximum Gasteiger partial charge on any atom is 0.306 e. The first-order chi connectivity index (χ1) is 12.5. The van der Waals surface area contributed by atoms with Crippen LogP contribution in [0.15, 0.2) is 24.3 Å². The predicted octanol–water partition coefficient (Wildman–Crippen LogP) is 2.63. The molecule has 2 fully saturated rings. The molecule has 140 valence electrons. The van der Waals surface area contributed by atoms with Crippen LogP contribution >= 0.6 is 0 Å². The molecule has 2 aliphatic rings. The van der Waals surface area contributed by atoms with E-state index >= 15 is 0 Å². The summed E-state index contributed by atoms with van der Waals surface area (Å²) in [4.78, 5) is 35.3. The Bertz CT molecular complexity index is 659. The lowest BCUT2D eigenvalue weighted by Crippen LogP contribution is -2.29. The number of carbonyl (C=O) groups excluding carboxylic acids is 2. The summed E-state index contributed by atoms with van der Waals surface area (Å²) in [6.07, 6.45) is 3.54. The first-order valence-electron chi connectivity index (χ1n) is 9.09. The van der Waals surface area contributed by atoms with Crippen LogP contribution in [-0.4, -0.2) is 35.6 Å². The molecule has 1 aliphatic heterocycles. The highest BCUT2D eigenvalue weighted by molar-refractivity contribution is 5.95. The molecule has 1 aromatic rings. The van der Waals surface area contributed by atoms with Crippen molar-refractivity contribution < 1.29 is 24.2 Å². The molecule has 1 aromatic carbocycles. The zero-order chi connectivity index (χ0) is 18.5. The first kappa shape index (κ1) is 18.4. The fourth-order valence-corrected chi connectivity index (χ4v) is 3.49. The van der Waals surface area contributed by atoms with Gasteiger partial charge in [-0.2, -0.15) is 0 Å². The zero-order valence-corrected chi connectivity index (χ0v) is 14.6. The van der Waals surface area contributed by atoms with Crippen molar-refractivity contribution in [1.29, 1.82) is 0 Å². The molecule has 0 aromatic heterocycles. The first-order valence-corrected chi connectivity index (χ1v) is 9.09. The maximum atomic E-state index is 12.3. The van der Waals surface area contributed by atoms with E-state index in [0.29, 0.717) is 43.7 Å². The number of carbonyl (C=O) groups is 3. The third kappa shape index (κ3) is 4.60. The van der Waals surface area contributed by atoms with Gasteiger partial charge in [0.15, 0.2) is 0 Å². The van der Waals surface area contributed by atoms with Crippen molar-refractivity contribution in [1.82, 2.24) is 0 Å². The van der Waals surface area contributed by atoms with E-state index < -0.39 is 5.97 Å². The molecule has 1 saturated carbocycles. The number of hydrogen-bond donors (Lipinski definition) is 3. The highest BCUT2D eigenvalue weighted by Gasteiger charge is 2.29. The zero-order valence-electron chi connectivity index (χ0n) is 14.6. The van der Waals surface area contributed by atoms with Crippen molar-refractivity contribution in [2.75, 3.05) is 17.2 Å². The number of carboxylic acid groups (broad SMARTS) is 1. The second-order valence-electron chi connectivity index (χ2n) is 6.94. The van der Waals surface area contributed by atoms with Crippen LogP contribution in [0.25, 0.3) is 0 Å². The third-order valence-corrected chi connectivity index (χ3v) is 5.09. The lowest BCUT2D eigenvalue weighted by molar-refractivity contribution is -0.143. The number of benzene rings is 1. The fraction of sp³-hybridized carbons (Fsp3) is 0.526. The number of anilines is 2. The number of ether oxygens (including phenoxy) is 1. The van der Waals surface area contributed by atoms with Crippen LogP contribution in [-0.2, 0) is 19.1 Å². The monoisotopic (exact) mass is 360 g/mol. The van der Waals surface area contributed by atoms with Gasteiger partial charge < -0.3 is 20.5 Å². The van der Waals surface area contributed by atoms with E-state index in [1.807, 2.05) is 0 Å². The fourth-order valence-electron chi connectivity index (χ4n) is 3.49. The number of amides is 2. The molecular formula is C19H24N2O5. The summed E-state index contributed by atoms with van der Waals surface area (Å²) in [6, 6.07) is 6.96. The number of hydrogen-bond acceptors (Lipinski definition) is 4. The summed E-state index contributed by atoms with van der Waals surface area (Å²) in [5, 5.41) is 14.7. The topological polar surface area (TPSA) is 105 Å². The molecule has 0 radical (unpaired) electrons. The number of aliphatic carboxylic acids is 1. The standard InChI is InChI=1S/C19H24N2O5/c22-17(12-3-5-13(6-4-12)19(24)25)20-14-7-9-15(10-8-14)21-18(23)16-2-1-11-26-16/h7-10,12-13,16H,1-6,11H2,(H,20,22)(H,21,23)(H,24,25). The van der Waals surface area contributed by atoms with E-state index in [1.165, 1.54) is 0 Å². The van der Waals surface area contributed by atoms with Crippen molar-refractivity contribution in [3.63, 3.8) is 0 Å². The van der Waals surface area contributed by atoms with Crippen LogP contribution in [0.4, 0.5) is 11.4 Å². The Labute approximate surface area is 152 Å². The van der Waals surface area contributed by atoms with Crippen molar-refractivity contribution in [3.8, 4) is 0 Å². The molecule has 0 bridgehead atoms. The van der Waals surface area contributed by atoms with E-state index in [9.17, 15) is 14.4 Å². The molecule has 0 spiro atoms. The van der Waals surface area contributed by atoms with Gasteiger partial charge in [0.2, 0.25) is 5.91 Å². The van der Waals surface area contributed by atoms with Crippen LogP contribution in [0.3, 0.4) is 0 Å². The molecule has 3 N–H and O–H groups in total. The summed E-state index contributed by atoms with van der Waals surface area (Å²) in [5.74, 6) is -1.47. The van der Waals surface area contributed by atoms with Crippen LogP contribution in [0.1, 0.15) is 38.5 Å². The predicted molar refractivity (Wildman–Crippen MR) is 95.8 cm³/mol. The Kier molecular flexibility index (Phi) is 5.88. The van der Waals surface area contributed by atoms with Gasteiger partial charge in [0, 0.05) is 23.9 Å². The second kappa shape index (κ2) is 8.31. The molecule has 7 heteroatoms. The average Bonchev–Trinajstić information content (AvgIpc) is 3.18. The Morgan fingerprint density at radius 1 is 0.846 bits per heavy atom. The molecule has 2 amide bonds. The molecule has 3 rings (SSSR count). The van der Waals surface area contributed by atoms with Crippen LogP contribution in [0.5, 0.6) is 0 Å². The lowest BCUT2D eigenvalue weighted by atomic mass is 9.81. The number of nitrogens with one attached hydrogen (secondary N) is 2. The van der Waals surface area contributed by atoms with Gasteiger partial charge in [-0.3, -0.25) is 14.4 Å². The van der Waals surface area contributed by atoms with Gasteiger partial charge in [-0.1, -0.05) is 0 Å². The average molecular weight is 360 g/mol. The Balaban J connectivity index is 1.48. The van der Waals surface area contributed by atoms with Gasteiger partial charge in [0.05, 0.1) is 5.92 Å². The van der Waals surface area contributed by atoms with Gasteiger partial charge in [-0.25, -0.2) is 0 Å². The Morgan fingerprint density at radius 2 is 1.38 bits per heavy atom. The summed E-state index contributed by atoms with van der Waals surface area (Å²) in [7, 11) is 0. The normalized spacial score (nSPS) is 25.5. The SMILES string of the molecule is O=C(O)C1CCC(C(=O)Nc2ccc(NC(=O)C3CCCO3)cc2)CC1. The smallest absolute Gasteiger partial charge is 0.306 e. The largest absolute Gasteiger partial charge is 0.481 e. The van der Waals surface area contributed by atoms with Gasteiger partial charge in [0.25, 0.3) is 5.91 Å². The van der Waals surface area contributed by atoms with Crippen molar-refractivity contribution in [2.24, 2.45) is 11.8 Å². The summed E-state index contributed by atoms with van der Waals surface area (Å²) < 4.78 is 5.35. The van der Waals surface area contributed by atoms with E-state index in [-0.39, 0.29) is 29.8 Å². The molecule has 1 aliphatic carbocycles. The van der Waals surface area contributed by atoms with Gasteiger partial charge in [0.1, 0.15) is 6.10 Å². The second-order valence-corrected chi connectivity index (χ2v) is 6.94. The van der Waals surface area contributed by atoms with E-state index in [0.717, 1.165) is 12.8 Å². The molecule has 1 unspecified atom stereocenters. The lowest BCUT2D eigenvalue weighted by Gasteiger charge is -2.25. The van der Waals surface area contributed by atoms with E-state index in [4.69, 9.17) is 9.84 Å². The highest BCUT2D eigenvalue weighted by atomic mass is 16.5. The summed E-state index contributed by atoms with van der Waals surface area (Å²) in [5.41, 5.74) is 1.32. The van der Waals surface area contributed by atoms with E-state index in [2.05, 4.69) is 10.6 Å². The quantitative estimate of drug-likeness (QED) is 0.749. The minimum atomic E-state index is -0.774. The number of carboxylic acids is 1. The molecule has 1 saturated heterocycles. The van der Waals surface area contributed by atoms with Crippen molar-refractivity contribution in [2.45, 2.75) is 44.6 Å². The van der Waals surface area contributed by atoms with Gasteiger partial charge >= 0.3 is 5.97 Å². The third-order valence-electron chi connectivity index (χ3n) is 5.09. The number of rotatable bonds is 5. The highest BCUT2D eigenvalue weighted by Crippen LogP contribution is 2.30. The Morgan fingerprint density at radius 3 is 1.88 bits per heavy atom. The van der Waals surface area contributed by atoms with Gasteiger partial charge in [-0.15, -0.1) is 0 Å². The van der Waals surface area contributed by atoms with Crippen molar-refractivity contribution in [3.05, 3.63) is 24.3 Å². The minimum Gasteiger partial charge on any atom is -0.481 e. The van der Waals surface area contributed by atoms with Crippen molar-refractivity contribution >= 4 is 29.2 Å². The molecule has 7 nitrogen and oxygen atoms in total. The van der Waals surface area contributed by atoms with Crippen LogP contribution in [0, 0.1) is 11.8 Å². The Hall–Kier alpha value is -2.41. The molecule has 1 heterocycles. The van der Waals surface area contributed by atoms with Gasteiger partial charge in [-0.05, 0) is 62.8 Å².